The van der Waals surface area contributed by atoms with E-state index in [9.17, 15) is 24.1 Å². The third-order valence-electron chi connectivity index (χ3n) is 5.46. The quantitative estimate of drug-likeness (QED) is 0.0889. The number of azide groups is 1. The molecular weight excluding hydrogens is 555 g/mol. The highest BCUT2D eigenvalue weighted by Crippen LogP contribution is 2.51. The van der Waals surface area contributed by atoms with Crippen LogP contribution in [0.1, 0.15) is 54.2 Å². The van der Waals surface area contributed by atoms with Gasteiger partial charge in [0, 0.05) is 17.5 Å². The summed E-state index contributed by atoms with van der Waals surface area (Å²) >= 11 is 0. The lowest BCUT2D eigenvalue weighted by atomic mass is 9.98. The molecule has 0 unspecified atom stereocenters. The molecule has 0 amide bonds. The molecule has 18 heteroatoms. The van der Waals surface area contributed by atoms with Gasteiger partial charge in [0.1, 0.15) is 17.6 Å². The van der Waals surface area contributed by atoms with E-state index in [4.69, 9.17) is 39.0 Å². The lowest BCUT2D eigenvalue weighted by molar-refractivity contribution is -0.165. The highest BCUT2D eigenvalue weighted by atomic mass is 31.2. The first kappa shape index (κ1) is 33.2. The standard InChI is InChI=1S/C22H35N6O11P/c1-20(2,3)17(30)34-12-37-40(33,38-13-35-18(31)21(4,5)6)36-11-22(10-25-27-24)14(29)9-16(39-22)28-8-7-15(23)26-19(28)32/h7-8,14,16,29H,9-13H2,1-6H3,(H2,23,26,32)/t14-,16+,22+/m0/s1. The fraction of sp³-hybridized carbons (Fsp3) is 0.727. The van der Waals surface area contributed by atoms with Gasteiger partial charge in [0.25, 0.3) is 0 Å². The topological polar surface area (TPSA) is 236 Å². The molecule has 2 rings (SSSR count). The van der Waals surface area contributed by atoms with E-state index < -0.39 is 81.0 Å². The van der Waals surface area contributed by atoms with Gasteiger partial charge in [-0.15, -0.1) is 0 Å². The first-order valence-corrected chi connectivity index (χ1v) is 13.5. The molecule has 1 aromatic heterocycles. The Bertz CT molecular complexity index is 1180. The van der Waals surface area contributed by atoms with Gasteiger partial charge in [0.15, 0.2) is 0 Å². The zero-order valence-corrected chi connectivity index (χ0v) is 24.0. The molecule has 3 N–H and O–H groups in total. The normalized spacial score (nSPS) is 21.5. The van der Waals surface area contributed by atoms with Gasteiger partial charge < -0.3 is 25.1 Å². The SMILES string of the molecule is CC(C)(C)C(=O)OCOP(=O)(OCOC(=O)C(C)(C)C)OC[C@@]1(CN=[N+]=[N-])O[C@@H](n2ccc(N)nc2=O)C[C@@H]1O. The summed E-state index contributed by atoms with van der Waals surface area (Å²) in [6.45, 7) is 6.54. The Balaban J connectivity index is 2.25. The van der Waals surface area contributed by atoms with E-state index in [0.29, 0.717) is 0 Å². The molecule has 0 saturated carbocycles. The number of hydrogen-bond acceptors (Lipinski definition) is 14. The maximum atomic E-state index is 13.4. The number of aromatic nitrogens is 2. The summed E-state index contributed by atoms with van der Waals surface area (Å²) in [7, 11) is -4.68. The summed E-state index contributed by atoms with van der Waals surface area (Å²) in [6, 6.07) is 1.34. The second-order valence-corrected chi connectivity index (χ2v) is 12.6. The van der Waals surface area contributed by atoms with Gasteiger partial charge in [-0.2, -0.15) is 4.98 Å². The number of ether oxygens (including phenoxy) is 3. The average Bonchev–Trinajstić information content (AvgIpc) is 3.16. The summed E-state index contributed by atoms with van der Waals surface area (Å²) in [5, 5.41) is 14.3. The van der Waals surface area contributed by atoms with Crippen LogP contribution in [0.25, 0.3) is 10.4 Å². The molecule has 0 bridgehead atoms. The number of nitrogens with zero attached hydrogens (tertiary/aromatic N) is 5. The largest absolute Gasteiger partial charge is 0.480 e. The third-order valence-corrected chi connectivity index (χ3v) is 6.75. The number of phosphoric acid groups is 1. The number of rotatable bonds is 12. The molecule has 1 aromatic rings. The molecular formula is C22H35N6O11P. The van der Waals surface area contributed by atoms with Crippen molar-refractivity contribution in [1.82, 2.24) is 9.55 Å². The third kappa shape index (κ3) is 8.99. The minimum absolute atomic E-state index is 0.0296. The van der Waals surface area contributed by atoms with E-state index >= 15 is 0 Å². The Morgan fingerprint density at radius 3 is 2.23 bits per heavy atom. The van der Waals surface area contributed by atoms with Gasteiger partial charge >= 0.3 is 25.5 Å². The zero-order valence-electron chi connectivity index (χ0n) is 23.1. The van der Waals surface area contributed by atoms with Crippen LogP contribution in [0.5, 0.6) is 0 Å². The van der Waals surface area contributed by atoms with E-state index in [-0.39, 0.29) is 12.2 Å². The molecule has 17 nitrogen and oxygen atoms in total. The van der Waals surface area contributed by atoms with Crippen molar-refractivity contribution in [2.75, 3.05) is 32.5 Å². The number of hydrogen-bond donors (Lipinski definition) is 2. The molecule has 0 radical (unpaired) electrons. The Kier molecular flexibility index (Phi) is 10.8. The van der Waals surface area contributed by atoms with Crippen molar-refractivity contribution < 1.29 is 47.0 Å². The number of nitrogen functional groups attached to an aromatic ring is 1. The number of aliphatic hydroxyl groups excluding tert-OH is 1. The van der Waals surface area contributed by atoms with Crippen LogP contribution in [0, 0.1) is 10.8 Å². The molecule has 0 spiro atoms. The average molecular weight is 591 g/mol. The minimum atomic E-state index is -4.68. The molecule has 0 aliphatic carbocycles. The number of anilines is 1. The second-order valence-electron chi connectivity index (χ2n) is 10.9. The Morgan fingerprint density at radius 2 is 1.75 bits per heavy atom. The second kappa shape index (κ2) is 13.1. The monoisotopic (exact) mass is 590 g/mol. The van der Waals surface area contributed by atoms with Crippen LogP contribution in [0.2, 0.25) is 0 Å². The molecule has 224 valence electrons. The Labute approximate surface area is 230 Å². The van der Waals surface area contributed by atoms with Crippen molar-refractivity contribution >= 4 is 25.6 Å². The van der Waals surface area contributed by atoms with Gasteiger partial charge in [-0.1, -0.05) is 5.11 Å². The van der Waals surface area contributed by atoms with E-state index in [0.717, 1.165) is 4.57 Å². The summed E-state index contributed by atoms with van der Waals surface area (Å²) < 4.78 is 45.9. The van der Waals surface area contributed by atoms with Gasteiger partial charge in [0.2, 0.25) is 13.6 Å². The van der Waals surface area contributed by atoms with Crippen molar-refractivity contribution in [1.29, 1.82) is 0 Å². The maximum absolute atomic E-state index is 13.4. The van der Waals surface area contributed by atoms with Crippen LogP contribution < -0.4 is 11.4 Å². The minimum Gasteiger partial charge on any atom is -0.437 e. The Hall–Kier alpha value is -3.04. The molecule has 1 saturated heterocycles. The van der Waals surface area contributed by atoms with Gasteiger partial charge in [-0.05, 0) is 53.1 Å². The highest BCUT2D eigenvalue weighted by Gasteiger charge is 2.50. The van der Waals surface area contributed by atoms with Crippen molar-refractivity contribution in [3.63, 3.8) is 0 Å². The van der Waals surface area contributed by atoms with Gasteiger partial charge in [-0.25, -0.2) is 18.4 Å². The van der Waals surface area contributed by atoms with Crippen molar-refractivity contribution in [2.24, 2.45) is 15.9 Å². The smallest absolute Gasteiger partial charge is 0.437 e. The number of nitrogens with two attached hydrogens (primary N) is 1. The van der Waals surface area contributed by atoms with E-state index in [2.05, 4.69) is 15.0 Å². The van der Waals surface area contributed by atoms with Crippen LogP contribution >= 0.6 is 7.82 Å². The highest BCUT2D eigenvalue weighted by molar-refractivity contribution is 7.48. The van der Waals surface area contributed by atoms with Gasteiger partial charge in [-0.3, -0.25) is 18.7 Å². The van der Waals surface area contributed by atoms with Crippen LogP contribution in [0.15, 0.2) is 22.2 Å². The first-order chi connectivity index (χ1) is 18.4. The summed E-state index contributed by atoms with van der Waals surface area (Å²) in [5.74, 6) is -1.39. The van der Waals surface area contributed by atoms with Crippen molar-refractivity contribution in [2.45, 2.75) is 65.9 Å². The fourth-order valence-corrected chi connectivity index (χ4v) is 4.07. The summed E-state index contributed by atoms with van der Waals surface area (Å²) in [6.07, 6.45) is -1.36. The van der Waals surface area contributed by atoms with Crippen molar-refractivity contribution in [3.8, 4) is 0 Å². The van der Waals surface area contributed by atoms with Crippen LogP contribution in [-0.2, 0) is 41.9 Å². The number of esters is 2. The lowest BCUT2D eigenvalue weighted by Gasteiger charge is -2.31. The van der Waals surface area contributed by atoms with E-state index in [1.807, 2.05) is 0 Å². The predicted octanol–water partition coefficient (Wildman–Crippen LogP) is 2.41. The zero-order chi connectivity index (χ0) is 30.4. The fourth-order valence-electron chi connectivity index (χ4n) is 3.11. The maximum Gasteiger partial charge on any atom is 0.480 e. The Morgan fingerprint density at radius 1 is 1.20 bits per heavy atom. The predicted molar refractivity (Wildman–Crippen MR) is 137 cm³/mol. The lowest BCUT2D eigenvalue weighted by Crippen LogP contribution is -2.47. The number of phosphoric ester groups is 1. The van der Waals surface area contributed by atoms with E-state index in [1.54, 1.807) is 41.5 Å². The molecule has 1 fully saturated rings. The van der Waals surface area contributed by atoms with E-state index in [1.165, 1.54) is 12.3 Å². The number of carbonyl (C=O) groups excluding carboxylic acids is 2. The van der Waals surface area contributed by atoms with Crippen LogP contribution in [0.3, 0.4) is 0 Å². The van der Waals surface area contributed by atoms with Crippen molar-refractivity contribution in [3.05, 3.63) is 33.2 Å². The molecule has 40 heavy (non-hydrogen) atoms. The molecule has 3 atom stereocenters. The van der Waals surface area contributed by atoms with Crippen LogP contribution in [0.4, 0.5) is 5.82 Å². The first-order valence-electron chi connectivity index (χ1n) is 12.0. The van der Waals surface area contributed by atoms with Crippen LogP contribution in [-0.4, -0.2) is 65.0 Å². The summed E-state index contributed by atoms with van der Waals surface area (Å²) in [5.41, 5.74) is 10.0. The molecule has 1 aliphatic heterocycles. The molecule has 0 aromatic carbocycles. The van der Waals surface area contributed by atoms with Gasteiger partial charge in [0.05, 0.1) is 30.1 Å². The summed E-state index contributed by atoms with van der Waals surface area (Å²) in [4.78, 5) is 42.7. The molecule has 2 heterocycles. The number of carbonyl (C=O) groups is 2. The number of aliphatic hydroxyl groups is 1. The molecule has 1 aliphatic rings.